The van der Waals surface area contributed by atoms with Crippen LogP contribution >= 0.6 is 11.6 Å². The number of allylic oxidation sites excluding steroid dienone is 1. The number of carbonyl (C=O) groups excluding carboxylic acids is 1. The molecule has 2 aromatic rings. The third-order valence-electron chi connectivity index (χ3n) is 9.93. The molecule has 3 aliphatic rings. The number of rotatable bonds is 2. The number of amides is 1. The molecule has 240 valence electrons. The molecule has 44 heavy (non-hydrogen) atoms. The summed E-state index contributed by atoms with van der Waals surface area (Å²) in [6.45, 7) is 9.58. The first kappa shape index (κ1) is 32.8. The predicted octanol–water partition coefficient (Wildman–Crippen LogP) is 6.91. The second-order valence-corrected chi connectivity index (χ2v) is 16.1. The Labute approximate surface area is 268 Å². The van der Waals surface area contributed by atoms with E-state index in [4.69, 9.17) is 16.3 Å². The SMILES string of the molecule is CC(C)C[C@]1(O)/C=C/C[C@H](C)[C@@H](C)S(=O)(=O)NC(=O)c2ccc3c(c2)N(CCCCc2cc(Cl)ccc2CO3)C[C@@H]2CC[C@H]21. The highest BCUT2D eigenvalue weighted by atomic mass is 35.5. The van der Waals surface area contributed by atoms with E-state index in [-0.39, 0.29) is 23.3 Å². The van der Waals surface area contributed by atoms with E-state index in [2.05, 4.69) is 23.5 Å². The average Bonchev–Trinajstić information content (AvgIpc) is 2.96. The molecule has 2 aromatic carbocycles. The Morgan fingerprint density at radius 3 is 2.64 bits per heavy atom. The van der Waals surface area contributed by atoms with E-state index < -0.39 is 26.8 Å². The van der Waals surface area contributed by atoms with E-state index >= 15 is 0 Å². The van der Waals surface area contributed by atoms with E-state index in [0.717, 1.165) is 49.9 Å². The van der Waals surface area contributed by atoms with Gasteiger partial charge in [0.1, 0.15) is 12.4 Å². The number of hydrogen-bond acceptors (Lipinski definition) is 6. The molecule has 0 radical (unpaired) electrons. The first-order valence-corrected chi connectivity index (χ1v) is 18.0. The van der Waals surface area contributed by atoms with Gasteiger partial charge in [-0.05, 0) is 117 Å². The van der Waals surface area contributed by atoms with Crippen molar-refractivity contribution < 1.29 is 23.1 Å². The maximum atomic E-state index is 13.4. The molecule has 0 aromatic heterocycles. The van der Waals surface area contributed by atoms with Crippen LogP contribution in [0.4, 0.5) is 5.69 Å². The van der Waals surface area contributed by atoms with Crippen molar-refractivity contribution in [3.05, 3.63) is 70.3 Å². The van der Waals surface area contributed by atoms with Gasteiger partial charge in [-0.1, -0.05) is 50.6 Å². The molecule has 0 spiro atoms. The number of carbonyl (C=O) groups is 1. The minimum Gasteiger partial charge on any atom is -0.487 e. The van der Waals surface area contributed by atoms with E-state index in [0.29, 0.717) is 42.7 Å². The monoisotopic (exact) mass is 642 g/mol. The van der Waals surface area contributed by atoms with E-state index in [9.17, 15) is 18.3 Å². The zero-order chi connectivity index (χ0) is 31.6. The molecule has 1 saturated carbocycles. The predicted molar refractivity (Wildman–Crippen MR) is 177 cm³/mol. The highest BCUT2D eigenvalue weighted by Gasteiger charge is 2.46. The van der Waals surface area contributed by atoms with Crippen LogP contribution in [0.15, 0.2) is 48.6 Å². The van der Waals surface area contributed by atoms with Crippen LogP contribution in [0.25, 0.3) is 0 Å². The van der Waals surface area contributed by atoms with E-state index in [1.807, 2.05) is 37.3 Å². The topological polar surface area (TPSA) is 95.9 Å². The summed E-state index contributed by atoms with van der Waals surface area (Å²) in [7, 11) is -3.94. The molecule has 0 saturated heterocycles. The molecule has 5 atom stereocenters. The summed E-state index contributed by atoms with van der Waals surface area (Å²) >= 11 is 6.33. The molecule has 1 fully saturated rings. The molecule has 2 heterocycles. The van der Waals surface area contributed by atoms with Crippen LogP contribution in [0, 0.1) is 23.7 Å². The van der Waals surface area contributed by atoms with Crippen LogP contribution in [-0.2, 0) is 23.1 Å². The maximum Gasteiger partial charge on any atom is 0.264 e. The molecule has 2 N–H and O–H groups in total. The molecular weight excluding hydrogens is 596 g/mol. The van der Waals surface area contributed by atoms with Gasteiger partial charge in [0.15, 0.2) is 0 Å². The van der Waals surface area contributed by atoms with E-state index in [1.165, 1.54) is 5.56 Å². The quantitative estimate of drug-likeness (QED) is 0.346. The smallest absolute Gasteiger partial charge is 0.264 e. The van der Waals surface area contributed by atoms with Gasteiger partial charge in [0.05, 0.1) is 16.5 Å². The number of anilines is 1. The van der Waals surface area contributed by atoms with Crippen molar-refractivity contribution in [2.24, 2.45) is 23.7 Å². The molecule has 2 aliphatic heterocycles. The second kappa shape index (κ2) is 13.4. The van der Waals surface area contributed by atoms with Gasteiger partial charge in [0.2, 0.25) is 10.0 Å². The third kappa shape index (κ3) is 7.29. The minimum absolute atomic E-state index is 0.0888. The molecule has 2 bridgehead atoms. The van der Waals surface area contributed by atoms with Gasteiger partial charge >= 0.3 is 0 Å². The zero-order valence-electron chi connectivity index (χ0n) is 26.4. The Morgan fingerprint density at radius 2 is 1.91 bits per heavy atom. The Bertz CT molecular complexity index is 1490. The normalized spacial score (nSPS) is 30.1. The highest BCUT2D eigenvalue weighted by Crippen LogP contribution is 2.47. The van der Waals surface area contributed by atoms with Crippen LogP contribution < -0.4 is 14.4 Å². The summed E-state index contributed by atoms with van der Waals surface area (Å²) in [6, 6.07) is 11.1. The van der Waals surface area contributed by atoms with Crippen LogP contribution in [0.2, 0.25) is 5.02 Å². The Kier molecular flexibility index (Phi) is 10.0. The van der Waals surface area contributed by atoms with Crippen LogP contribution in [-0.4, -0.2) is 43.4 Å². The Morgan fingerprint density at radius 1 is 1.11 bits per heavy atom. The number of ether oxygens (including phenoxy) is 1. The first-order chi connectivity index (χ1) is 20.9. The second-order valence-electron chi connectivity index (χ2n) is 13.6. The van der Waals surface area contributed by atoms with Crippen LogP contribution in [0.5, 0.6) is 5.75 Å². The number of nitrogens with one attached hydrogen (secondary N) is 1. The number of fused-ring (bicyclic) bond motifs is 3. The minimum atomic E-state index is -3.94. The molecule has 0 unspecified atom stereocenters. The number of halogens is 1. The summed E-state index contributed by atoms with van der Waals surface area (Å²) < 4.78 is 35.4. The average molecular weight is 643 g/mol. The van der Waals surface area contributed by atoms with Gasteiger partial charge in [0.25, 0.3) is 5.91 Å². The van der Waals surface area contributed by atoms with Crippen molar-refractivity contribution in [2.45, 2.75) is 90.1 Å². The van der Waals surface area contributed by atoms with Gasteiger partial charge in [-0.15, -0.1) is 0 Å². The van der Waals surface area contributed by atoms with Crippen molar-refractivity contribution in [3.63, 3.8) is 0 Å². The third-order valence-corrected chi connectivity index (χ3v) is 12.1. The zero-order valence-corrected chi connectivity index (χ0v) is 28.0. The summed E-state index contributed by atoms with van der Waals surface area (Å²) in [5.74, 6) is 0.400. The molecule has 7 nitrogen and oxygen atoms in total. The number of hydrogen-bond donors (Lipinski definition) is 2. The van der Waals surface area contributed by atoms with Crippen LogP contribution in [0.3, 0.4) is 0 Å². The lowest BCUT2D eigenvalue weighted by Crippen LogP contribution is -2.50. The number of aliphatic hydroxyl groups is 1. The Balaban J connectivity index is 1.57. The van der Waals surface area contributed by atoms with Gasteiger partial charge in [0, 0.05) is 23.7 Å². The van der Waals surface area contributed by atoms with Crippen molar-refractivity contribution >= 4 is 33.2 Å². The van der Waals surface area contributed by atoms with Gasteiger partial charge in [-0.25, -0.2) is 13.1 Å². The van der Waals surface area contributed by atoms with Crippen LogP contribution in [0.1, 0.15) is 87.7 Å². The summed E-state index contributed by atoms with van der Waals surface area (Å²) in [5, 5.41) is 12.0. The van der Waals surface area contributed by atoms with Crippen molar-refractivity contribution in [1.29, 1.82) is 0 Å². The standard InChI is InChI=1S/C35H47ClN2O5S/c1-23(2)20-35(40)16-7-8-24(3)25(4)44(41,42)37-34(39)27-12-15-33-32(19-27)38(21-28-11-14-31(28)35)17-6-5-9-26-18-30(36)13-10-29(26)22-43-33/h7,10,12-13,15-16,18-19,23-25,28,31,40H,5-6,8-9,11,14,17,20-22H2,1-4H3,(H,37,39)/b16-7+/t24-,25+,28-,31+,35+/m0/s1. The molecule has 5 rings (SSSR count). The number of nitrogens with zero attached hydrogens (tertiary/aromatic N) is 1. The lowest BCUT2D eigenvalue weighted by Gasteiger charge is -2.49. The van der Waals surface area contributed by atoms with Gasteiger partial charge in [-0.3, -0.25) is 4.79 Å². The lowest BCUT2D eigenvalue weighted by atomic mass is 9.62. The summed E-state index contributed by atoms with van der Waals surface area (Å²) in [5.41, 5.74) is 2.32. The first-order valence-electron chi connectivity index (χ1n) is 16.1. The number of sulfonamides is 1. The largest absolute Gasteiger partial charge is 0.487 e. The van der Waals surface area contributed by atoms with Crippen molar-refractivity contribution in [2.75, 3.05) is 18.0 Å². The number of aryl methyl sites for hydroxylation is 1. The maximum absolute atomic E-state index is 13.4. The highest BCUT2D eigenvalue weighted by molar-refractivity contribution is 7.90. The fourth-order valence-corrected chi connectivity index (χ4v) is 8.55. The summed E-state index contributed by atoms with van der Waals surface area (Å²) in [4.78, 5) is 15.7. The van der Waals surface area contributed by atoms with Crippen molar-refractivity contribution in [3.8, 4) is 5.75 Å². The molecular formula is C35H47ClN2O5S. The fraction of sp³-hybridized carbons (Fsp3) is 0.571. The number of benzene rings is 2. The fourth-order valence-electron chi connectivity index (χ4n) is 7.07. The van der Waals surface area contributed by atoms with Crippen molar-refractivity contribution in [1.82, 2.24) is 4.72 Å². The lowest BCUT2D eigenvalue weighted by molar-refractivity contribution is -0.0576. The Hall–Kier alpha value is -2.55. The molecule has 1 aliphatic carbocycles. The summed E-state index contributed by atoms with van der Waals surface area (Å²) in [6.07, 6.45) is 9.74. The van der Waals surface area contributed by atoms with E-state index in [1.54, 1.807) is 25.1 Å². The molecule has 1 amide bonds. The molecule has 9 heteroatoms. The van der Waals surface area contributed by atoms with Gasteiger partial charge in [-0.2, -0.15) is 0 Å². The van der Waals surface area contributed by atoms with Gasteiger partial charge < -0.3 is 14.7 Å².